The highest BCUT2D eigenvalue weighted by molar-refractivity contribution is 5.91. The van der Waals surface area contributed by atoms with Crippen molar-refractivity contribution in [2.45, 2.75) is 65.5 Å². The number of benzene rings is 3. The molecule has 3 aromatic carbocycles. The molecule has 0 aliphatic heterocycles. The van der Waals surface area contributed by atoms with E-state index in [0.717, 1.165) is 17.7 Å². The van der Waals surface area contributed by atoms with E-state index >= 15 is 0 Å². The van der Waals surface area contributed by atoms with Crippen molar-refractivity contribution in [3.63, 3.8) is 0 Å². The van der Waals surface area contributed by atoms with Crippen LogP contribution in [-0.2, 0) is 24.0 Å². The number of nitrogens with zero attached hydrogens (tertiary/aromatic N) is 2. The normalized spacial score (nSPS) is 12.1. The van der Waals surface area contributed by atoms with Crippen molar-refractivity contribution in [3.8, 4) is 11.5 Å². The Kier molecular flexibility index (Phi) is 9.41. The van der Waals surface area contributed by atoms with Crippen LogP contribution in [0.3, 0.4) is 0 Å². The first-order chi connectivity index (χ1) is 18.2. The van der Waals surface area contributed by atoms with Gasteiger partial charge >= 0.3 is 6.03 Å². The monoisotopic (exact) mass is 530 g/mol. The summed E-state index contributed by atoms with van der Waals surface area (Å²) < 4.78 is 6.01. The predicted molar refractivity (Wildman–Crippen MR) is 160 cm³/mol. The number of anilines is 1. The minimum atomic E-state index is -0.474. The molecular weight excluding hydrogens is 488 g/mol. The largest absolute Gasteiger partial charge is 0.507 e. The van der Waals surface area contributed by atoms with E-state index in [1.54, 1.807) is 18.2 Å². The van der Waals surface area contributed by atoms with Gasteiger partial charge in [-0.2, -0.15) is 5.10 Å². The van der Waals surface area contributed by atoms with Gasteiger partial charge in [-0.05, 0) is 71.4 Å². The second kappa shape index (κ2) is 12.3. The van der Waals surface area contributed by atoms with E-state index in [4.69, 9.17) is 4.74 Å². The smallest absolute Gasteiger partial charge is 0.339 e. The minimum absolute atomic E-state index is 0.00811. The molecule has 0 bridgehead atoms. The lowest BCUT2D eigenvalue weighted by molar-refractivity contribution is 0.252. The molecule has 39 heavy (non-hydrogen) atoms. The van der Waals surface area contributed by atoms with Crippen LogP contribution < -0.4 is 15.5 Å². The molecule has 0 unspecified atom stereocenters. The molecule has 3 aromatic rings. The fraction of sp³-hybridized carbons (Fsp3) is 0.375. The minimum Gasteiger partial charge on any atom is -0.507 e. The Morgan fingerprint density at radius 3 is 2.05 bits per heavy atom. The second-order valence-electron chi connectivity index (χ2n) is 12.2. The Morgan fingerprint density at radius 2 is 1.51 bits per heavy atom. The number of hydrazone groups is 1. The quantitative estimate of drug-likeness (QED) is 0.221. The Balaban J connectivity index is 1.59. The first kappa shape index (κ1) is 29.7. The number of ether oxygens (including phenoxy) is 1. The van der Waals surface area contributed by atoms with Gasteiger partial charge in [-0.3, -0.25) is 0 Å². The van der Waals surface area contributed by atoms with Crippen LogP contribution in [0.1, 0.15) is 69.4 Å². The van der Waals surface area contributed by atoms with Crippen LogP contribution in [-0.4, -0.2) is 36.3 Å². The topological polar surface area (TPSA) is 86.2 Å². The number of hydrogen-bond donors (Lipinski definition) is 3. The molecule has 0 fully saturated rings. The van der Waals surface area contributed by atoms with Crippen molar-refractivity contribution in [3.05, 3.63) is 88.5 Å². The maximum Gasteiger partial charge on any atom is 0.339 e. The molecule has 3 N–H and O–H groups in total. The number of phenols is 1. The van der Waals surface area contributed by atoms with Gasteiger partial charge < -0.3 is 20.1 Å². The third-order valence-electron chi connectivity index (χ3n) is 6.21. The van der Waals surface area contributed by atoms with Crippen molar-refractivity contribution in [2.75, 3.05) is 19.4 Å². The van der Waals surface area contributed by atoms with Crippen LogP contribution in [0, 0.1) is 0 Å². The van der Waals surface area contributed by atoms with E-state index < -0.39 is 6.03 Å². The standard InChI is InChI=1S/C32H42N4O3/c1-31(2,3)25-15-23(16-26(17-25)32(4,5)6)21-39-28-14-11-24(29(37)18-28)19-33-35-30(38)34-27-12-9-22(10-13-27)20-36(7)8/h9-19,37H,20-21H2,1-8H3,(H2,34,35,38)/b33-19+. The van der Waals surface area contributed by atoms with Gasteiger partial charge in [0.2, 0.25) is 0 Å². The number of rotatable bonds is 8. The van der Waals surface area contributed by atoms with E-state index in [2.05, 4.69) is 80.5 Å². The molecule has 0 radical (unpaired) electrons. The van der Waals surface area contributed by atoms with E-state index in [1.165, 1.54) is 17.3 Å². The number of amides is 2. The van der Waals surface area contributed by atoms with Crippen molar-refractivity contribution in [1.29, 1.82) is 0 Å². The molecule has 3 rings (SSSR count). The fourth-order valence-corrected chi connectivity index (χ4v) is 3.91. The molecule has 0 aliphatic carbocycles. The lowest BCUT2D eigenvalue weighted by atomic mass is 9.79. The van der Waals surface area contributed by atoms with E-state index in [-0.39, 0.29) is 16.6 Å². The zero-order valence-corrected chi connectivity index (χ0v) is 24.4. The molecule has 7 heteroatoms. The van der Waals surface area contributed by atoms with Crippen molar-refractivity contribution in [1.82, 2.24) is 10.3 Å². The summed E-state index contributed by atoms with van der Waals surface area (Å²) in [5, 5.41) is 17.2. The molecule has 2 amide bonds. The number of aromatic hydroxyl groups is 1. The maximum absolute atomic E-state index is 12.2. The number of nitrogens with one attached hydrogen (secondary N) is 2. The van der Waals surface area contributed by atoms with Gasteiger partial charge in [0.25, 0.3) is 0 Å². The summed E-state index contributed by atoms with van der Waals surface area (Å²) in [6, 6.07) is 18.8. The zero-order valence-electron chi connectivity index (χ0n) is 24.4. The summed E-state index contributed by atoms with van der Waals surface area (Å²) in [5.74, 6) is 0.556. The Labute approximate surface area is 232 Å². The second-order valence-corrected chi connectivity index (χ2v) is 12.2. The molecule has 208 valence electrons. The summed E-state index contributed by atoms with van der Waals surface area (Å²) in [6.07, 6.45) is 1.39. The molecule has 0 saturated carbocycles. The van der Waals surface area contributed by atoms with Crippen LogP contribution in [0.25, 0.3) is 0 Å². The maximum atomic E-state index is 12.2. The van der Waals surface area contributed by atoms with Crippen LogP contribution >= 0.6 is 0 Å². The summed E-state index contributed by atoms with van der Waals surface area (Å²) in [7, 11) is 4.01. The van der Waals surface area contributed by atoms with Crippen LogP contribution in [0.5, 0.6) is 11.5 Å². The van der Waals surface area contributed by atoms with Gasteiger partial charge in [-0.1, -0.05) is 71.9 Å². The molecule has 0 heterocycles. The predicted octanol–water partition coefficient (Wildman–Crippen LogP) is 6.78. The third-order valence-corrected chi connectivity index (χ3v) is 6.21. The number of urea groups is 1. The van der Waals surface area contributed by atoms with Gasteiger partial charge in [0.05, 0.1) is 6.21 Å². The first-order valence-corrected chi connectivity index (χ1v) is 13.2. The highest BCUT2D eigenvalue weighted by atomic mass is 16.5. The average molecular weight is 531 g/mol. The van der Waals surface area contributed by atoms with Crippen molar-refractivity contribution >= 4 is 17.9 Å². The molecule has 0 spiro atoms. The van der Waals surface area contributed by atoms with Gasteiger partial charge in [0, 0.05) is 23.9 Å². The SMILES string of the molecule is CN(C)Cc1ccc(NC(=O)N/N=C/c2ccc(OCc3cc(C(C)(C)C)cc(C(C)(C)C)c3)cc2O)cc1. The Hall–Kier alpha value is -3.84. The molecule has 0 aliphatic rings. The molecule has 0 saturated heterocycles. The van der Waals surface area contributed by atoms with Crippen LogP contribution in [0.15, 0.2) is 65.8 Å². The highest BCUT2D eigenvalue weighted by Crippen LogP contribution is 2.31. The van der Waals surface area contributed by atoms with Crippen molar-refractivity contribution in [2.24, 2.45) is 5.10 Å². The van der Waals surface area contributed by atoms with E-state index in [0.29, 0.717) is 23.6 Å². The number of hydrogen-bond acceptors (Lipinski definition) is 5. The average Bonchev–Trinajstić information content (AvgIpc) is 2.83. The highest BCUT2D eigenvalue weighted by Gasteiger charge is 2.20. The Bertz CT molecular complexity index is 1270. The van der Waals surface area contributed by atoms with E-state index in [1.807, 2.05) is 38.4 Å². The van der Waals surface area contributed by atoms with Crippen LogP contribution in [0.4, 0.5) is 10.5 Å². The van der Waals surface area contributed by atoms with E-state index in [9.17, 15) is 9.90 Å². The fourth-order valence-electron chi connectivity index (χ4n) is 3.91. The third kappa shape index (κ3) is 9.14. The van der Waals surface area contributed by atoms with Gasteiger partial charge in [0.15, 0.2) is 0 Å². The summed E-state index contributed by atoms with van der Waals surface area (Å²) >= 11 is 0. The first-order valence-electron chi connectivity index (χ1n) is 13.2. The van der Waals surface area contributed by atoms with Gasteiger partial charge in [0.1, 0.15) is 18.1 Å². The number of phenolic OH excluding ortho intramolecular Hbond substituents is 1. The van der Waals surface area contributed by atoms with Crippen LogP contribution in [0.2, 0.25) is 0 Å². The molecule has 0 atom stereocenters. The lowest BCUT2D eigenvalue weighted by Gasteiger charge is -2.26. The summed E-state index contributed by atoms with van der Waals surface area (Å²) in [5.41, 5.74) is 8.36. The van der Waals surface area contributed by atoms with Crippen molar-refractivity contribution < 1.29 is 14.6 Å². The van der Waals surface area contributed by atoms with Gasteiger partial charge in [-0.15, -0.1) is 0 Å². The molecule has 7 nitrogen and oxygen atoms in total. The molecular formula is C32H42N4O3. The molecule has 0 aromatic heterocycles. The summed E-state index contributed by atoms with van der Waals surface area (Å²) in [4.78, 5) is 14.2. The summed E-state index contributed by atoms with van der Waals surface area (Å²) in [6.45, 7) is 14.5. The number of carbonyl (C=O) groups is 1. The zero-order chi connectivity index (χ0) is 28.8. The number of carbonyl (C=O) groups excluding carboxylic acids is 1. The van der Waals surface area contributed by atoms with Gasteiger partial charge in [-0.25, -0.2) is 10.2 Å². The lowest BCUT2D eigenvalue weighted by Crippen LogP contribution is -2.24. The Morgan fingerprint density at radius 1 is 0.897 bits per heavy atom.